The third kappa shape index (κ3) is 3.53. The summed E-state index contributed by atoms with van der Waals surface area (Å²) in [5, 5.41) is 0. The zero-order chi connectivity index (χ0) is 16.9. The highest BCUT2D eigenvalue weighted by molar-refractivity contribution is 5.93. The molecule has 8 nitrogen and oxygen atoms in total. The lowest BCUT2D eigenvalue weighted by atomic mass is 10.1. The number of methoxy groups -OCH3 is 1. The smallest absolute Gasteiger partial charge is 0.319 e. The number of likely N-dealkylation sites (tertiary alicyclic amines) is 1. The fourth-order valence-corrected chi connectivity index (χ4v) is 2.60. The van der Waals surface area contributed by atoms with Crippen LogP contribution in [0.2, 0.25) is 0 Å². The summed E-state index contributed by atoms with van der Waals surface area (Å²) in [5.74, 6) is 0.199. The van der Waals surface area contributed by atoms with Crippen LogP contribution in [0.4, 0.5) is 0 Å². The highest BCUT2D eigenvalue weighted by Gasteiger charge is 2.26. The minimum Gasteiger partial charge on any atom is -0.474 e. The number of carbonyl (C=O) groups excluding carboxylic acids is 1. The van der Waals surface area contributed by atoms with E-state index in [1.807, 2.05) is 0 Å². The minimum atomic E-state index is -0.367. The van der Waals surface area contributed by atoms with Crippen molar-refractivity contribution in [3.63, 3.8) is 0 Å². The summed E-state index contributed by atoms with van der Waals surface area (Å²) in [6, 6.07) is 5.11. The van der Waals surface area contributed by atoms with Crippen molar-refractivity contribution in [3.05, 3.63) is 46.5 Å². The summed E-state index contributed by atoms with van der Waals surface area (Å²) in [6.45, 7) is 1.06. The molecule has 24 heavy (non-hydrogen) atoms. The van der Waals surface area contributed by atoms with Crippen molar-refractivity contribution in [3.8, 4) is 11.9 Å². The van der Waals surface area contributed by atoms with Gasteiger partial charge >= 0.3 is 6.01 Å². The van der Waals surface area contributed by atoms with E-state index in [2.05, 4.69) is 15.0 Å². The van der Waals surface area contributed by atoms with Crippen LogP contribution in [0.3, 0.4) is 0 Å². The molecule has 2 aromatic heterocycles. The molecule has 0 radical (unpaired) electrons. The number of hydrogen-bond acceptors (Lipinski definition) is 6. The topological polar surface area (TPSA) is 97.4 Å². The number of hydrogen-bond donors (Lipinski definition) is 1. The molecule has 2 aromatic rings. The molecular weight excluding hydrogens is 312 g/mol. The Morgan fingerprint density at radius 1 is 1.33 bits per heavy atom. The second-order valence-electron chi connectivity index (χ2n) is 5.40. The van der Waals surface area contributed by atoms with Gasteiger partial charge in [0, 0.05) is 44.4 Å². The summed E-state index contributed by atoms with van der Waals surface area (Å²) in [4.78, 5) is 36.3. The predicted octanol–water partition coefficient (Wildman–Crippen LogP) is 0.857. The van der Waals surface area contributed by atoms with Crippen LogP contribution in [-0.2, 0) is 0 Å². The quantitative estimate of drug-likeness (QED) is 0.893. The van der Waals surface area contributed by atoms with Crippen molar-refractivity contribution in [2.24, 2.45) is 0 Å². The zero-order valence-corrected chi connectivity index (χ0v) is 13.3. The van der Waals surface area contributed by atoms with E-state index in [1.165, 1.54) is 19.4 Å². The molecule has 1 aliphatic heterocycles. The van der Waals surface area contributed by atoms with Crippen LogP contribution in [0.25, 0.3) is 0 Å². The molecule has 1 N–H and O–H groups in total. The average molecular weight is 330 g/mol. The second kappa shape index (κ2) is 7.12. The molecule has 1 saturated heterocycles. The van der Waals surface area contributed by atoms with Crippen molar-refractivity contribution in [1.29, 1.82) is 0 Å². The molecule has 0 unspecified atom stereocenters. The SMILES string of the molecule is COc1nccc(OC2CCN(C(=O)c3ccc[nH]c3=O)CC2)n1. The first-order valence-electron chi connectivity index (χ1n) is 7.68. The number of piperidine rings is 1. The molecule has 8 heteroatoms. The molecule has 0 aromatic carbocycles. The molecule has 0 atom stereocenters. The number of H-pyrrole nitrogens is 1. The van der Waals surface area contributed by atoms with Gasteiger partial charge in [0.05, 0.1) is 7.11 Å². The molecule has 1 amide bonds. The minimum absolute atomic E-state index is 0.0392. The fraction of sp³-hybridized carbons (Fsp3) is 0.375. The van der Waals surface area contributed by atoms with E-state index in [9.17, 15) is 9.59 Å². The third-order valence-corrected chi connectivity index (χ3v) is 3.86. The Hall–Kier alpha value is -2.90. The van der Waals surface area contributed by atoms with Crippen LogP contribution in [0.15, 0.2) is 35.4 Å². The lowest BCUT2D eigenvalue weighted by molar-refractivity contribution is 0.0585. The molecule has 3 heterocycles. The van der Waals surface area contributed by atoms with Gasteiger partial charge in [-0.15, -0.1) is 0 Å². The van der Waals surface area contributed by atoms with Crippen LogP contribution in [0, 0.1) is 0 Å². The average Bonchev–Trinajstić information content (AvgIpc) is 2.62. The van der Waals surface area contributed by atoms with Crippen molar-refractivity contribution >= 4 is 5.91 Å². The first-order valence-corrected chi connectivity index (χ1v) is 7.68. The summed E-state index contributed by atoms with van der Waals surface area (Å²) in [7, 11) is 1.49. The van der Waals surface area contributed by atoms with E-state index < -0.39 is 0 Å². The second-order valence-corrected chi connectivity index (χ2v) is 5.40. The number of ether oxygens (including phenoxy) is 2. The first-order chi connectivity index (χ1) is 11.7. The summed E-state index contributed by atoms with van der Waals surface area (Å²) in [5.41, 5.74) is -0.202. The monoisotopic (exact) mass is 330 g/mol. The van der Waals surface area contributed by atoms with Gasteiger partial charge in [-0.25, -0.2) is 4.98 Å². The molecule has 3 rings (SSSR count). The fourth-order valence-electron chi connectivity index (χ4n) is 2.60. The van der Waals surface area contributed by atoms with Gasteiger partial charge in [0.2, 0.25) is 5.88 Å². The van der Waals surface area contributed by atoms with E-state index in [-0.39, 0.29) is 29.1 Å². The van der Waals surface area contributed by atoms with Crippen LogP contribution in [0.5, 0.6) is 11.9 Å². The van der Waals surface area contributed by atoms with Crippen molar-refractivity contribution in [1.82, 2.24) is 19.9 Å². The van der Waals surface area contributed by atoms with Crippen LogP contribution < -0.4 is 15.0 Å². The molecule has 126 valence electrons. The molecule has 0 aliphatic carbocycles. The Morgan fingerprint density at radius 3 is 2.83 bits per heavy atom. The Kier molecular flexibility index (Phi) is 4.74. The van der Waals surface area contributed by atoms with Gasteiger partial charge in [-0.3, -0.25) is 9.59 Å². The van der Waals surface area contributed by atoms with Gasteiger partial charge in [-0.2, -0.15) is 4.98 Å². The molecule has 0 spiro atoms. The molecule has 0 bridgehead atoms. The van der Waals surface area contributed by atoms with Gasteiger partial charge in [-0.05, 0) is 12.1 Å². The van der Waals surface area contributed by atoms with Gasteiger partial charge < -0.3 is 19.4 Å². The number of aromatic amines is 1. The van der Waals surface area contributed by atoms with E-state index >= 15 is 0 Å². The number of amides is 1. The molecular formula is C16H18N4O4. The number of carbonyl (C=O) groups is 1. The first kappa shape index (κ1) is 16.0. The summed E-state index contributed by atoms with van der Waals surface area (Å²) < 4.78 is 10.8. The summed E-state index contributed by atoms with van der Waals surface area (Å²) in [6.07, 6.45) is 4.38. The number of pyridine rings is 1. The van der Waals surface area contributed by atoms with E-state index in [4.69, 9.17) is 9.47 Å². The van der Waals surface area contributed by atoms with Crippen LogP contribution in [0.1, 0.15) is 23.2 Å². The number of nitrogens with zero attached hydrogens (tertiary/aromatic N) is 3. The lowest BCUT2D eigenvalue weighted by Gasteiger charge is -2.31. The third-order valence-electron chi connectivity index (χ3n) is 3.86. The molecule has 0 saturated carbocycles. The normalized spacial score (nSPS) is 15.1. The van der Waals surface area contributed by atoms with Crippen molar-refractivity contribution in [2.45, 2.75) is 18.9 Å². The largest absolute Gasteiger partial charge is 0.474 e. The Bertz CT molecular complexity index is 768. The molecule has 1 aliphatic rings. The van der Waals surface area contributed by atoms with Crippen LogP contribution >= 0.6 is 0 Å². The van der Waals surface area contributed by atoms with E-state index in [1.54, 1.807) is 23.2 Å². The lowest BCUT2D eigenvalue weighted by Crippen LogP contribution is -2.43. The van der Waals surface area contributed by atoms with Gasteiger partial charge in [0.1, 0.15) is 11.7 Å². The van der Waals surface area contributed by atoms with Crippen LogP contribution in [-0.4, -0.2) is 52.1 Å². The van der Waals surface area contributed by atoms with Crippen molar-refractivity contribution < 1.29 is 14.3 Å². The number of rotatable bonds is 4. The van der Waals surface area contributed by atoms with E-state index in [0.717, 1.165) is 0 Å². The predicted molar refractivity (Wildman–Crippen MR) is 85.2 cm³/mol. The standard InChI is InChI=1S/C16H18N4O4/c1-23-16-18-8-4-13(19-16)24-11-5-9-20(10-6-11)15(22)12-3-2-7-17-14(12)21/h2-4,7-8,11H,5-6,9-10H2,1H3,(H,17,21). The highest BCUT2D eigenvalue weighted by Crippen LogP contribution is 2.19. The maximum atomic E-state index is 12.4. The number of aromatic nitrogens is 3. The summed E-state index contributed by atoms with van der Waals surface area (Å²) >= 11 is 0. The van der Waals surface area contributed by atoms with E-state index in [0.29, 0.717) is 31.8 Å². The Balaban J connectivity index is 1.58. The van der Waals surface area contributed by atoms with Gasteiger partial charge in [-0.1, -0.05) is 0 Å². The Labute approximate surface area is 138 Å². The Morgan fingerprint density at radius 2 is 2.12 bits per heavy atom. The number of nitrogens with one attached hydrogen (secondary N) is 1. The van der Waals surface area contributed by atoms with Crippen molar-refractivity contribution in [2.75, 3.05) is 20.2 Å². The van der Waals surface area contributed by atoms with Gasteiger partial charge in [0.25, 0.3) is 11.5 Å². The maximum Gasteiger partial charge on any atom is 0.319 e. The maximum absolute atomic E-state index is 12.4. The van der Waals surface area contributed by atoms with Gasteiger partial charge in [0.15, 0.2) is 0 Å². The zero-order valence-electron chi connectivity index (χ0n) is 13.3. The highest BCUT2D eigenvalue weighted by atomic mass is 16.5. The molecule has 1 fully saturated rings.